The van der Waals surface area contributed by atoms with Gasteiger partial charge in [0, 0.05) is 25.3 Å². The van der Waals surface area contributed by atoms with Crippen LogP contribution in [0.2, 0.25) is 0 Å². The molecule has 10 nitrogen and oxygen atoms in total. The molecule has 10 heteroatoms. The monoisotopic (exact) mass is 564 g/mol. The number of amides is 2. The first-order valence-electron chi connectivity index (χ1n) is 13.2. The second-order valence-electron chi connectivity index (χ2n) is 10.7. The van der Waals surface area contributed by atoms with E-state index in [0.29, 0.717) is 22.5 Å². The zero-order valence-corrected chi connectivity index (χ0v) is 24.1. The van der Waals surface area contributed by atoms with Crippen LogP contribution < -0.4 is 15.5 Å². The number of nitrogens with one attached hydrogen (secondary N) is 2. The van der Waals surface area contributed by atoms with Crippen LogP contribution in [-0.4, -0.2) is 52.5 Å². The van der Waals surface area contributed by atoms with Crippen molar-refractivity contribution >= 4 is 34.8 Å². The van der Waals surface area contributed by atoms with Crippen molar-refractivity contribution in [3.63, 3.8) is 0 Å². The van der Waals surface area contributed by atoms with E-state index in [1.807, 2.05) is 14.1 Å². The molecule has 2 aliphatic carbocycles. The molecule has 214 valence electrons. The predicted molar refractivity (Wildman–Crippen MR) is 163 cm³/mol. The first-order valence-corrected chi connectivity index (χ1v) is 13.2. The van der Waals surface area contributed by atoms with Crippen LogP contribution in [0.25, 0.3) is 16.8 Å². The van der Waals surface area contributed by atoms with E-state index in [-0.39, 0.29) is 11.4 Å². The van der Waals surface area contributed by atoms with Crippen LogP contribution in [0.5, 0.6) is 0 Å². The van der Waals surface area contributed by atoms with Crippen LogP contribution in [-0.2, 0) is 9.53 Å². The van der Waals surface area contributed by atoms with Crippen molar-refractivity contribution in [2.24, 2.45) is 0 Å². The summed E-state index contributed by atoms with van der Waals surface area (Å²) < 4.78 is 6.86. The molecule has 3 aromatic rings. The number of anilines is 3. The van der Waals surface area contributed by atoms with Gasteiger partial charge in [-0.25, -0.2) is 9.48 Å². The van der Waals surface area contributed by atoms with Gasteiger partial charge in [-0.05, 0) is 56.2 Å². The maximum absolute atomic E-state index is 12.9. The SMILES string of the molecule is C#Cc1cc(N(C)C)cc(NC(=O)OC(C)(C)C)c1NC(=O)CC(=O)c1cccc(-n2ccnn2)c1.c1cc2ccc1-2. The molecular weight excluding hydrogens is 532 g/mol. The van der Waals surface area contributed by atoms with E-state index in [0.717, 1.165) is 0 Å². The van der Waals surface area contributed by atoms with Gasteiger partial charge >= 0.3 is 6.09 Å². The molecule has 2 amide bonds. The van der Waals surface area contributed by atoms with Gasteiger partial charge in [-0.3, -0.25) is 14.9 Å². The van der Waals surface area contributed by atoms with Gasteiger partial charge in [0.1, 0.15) is 5.60 Å². The topological polar surface area (TPSA) is 118 Å². The Bertz CT molecular complexity index is 1630. The Labute approximate surface area is 244 Å². The Kier molecular flexibility index (Phi) is 8.72. The van der Waals surface area contributed by atoms with E-state index in [9.17, 15) is 14.4 Å². The second-order valence-corrected chi connectivity index (χ2v) is 10.7. The number of hydrogen-bond donors (Lipinski definition) is 2. The largest absolute Gasteiger partial charge is 0.444 e. The van der Waals surface area contributed by atoms with Gasteiger partial charge in [-0.1, -0.05) is 47.5 Å². The number of carbonyl (C=O) groups is 3. The van der Waals surface area contributed by atoms with Crippen molar-refractivity contribution in [3.05, 3.63) is 84.2 Å². The van der Waals surface area contributed by atoms with Crippen LogP contribution in [0.3, 0.4) is 0 Å². The summed E-state index contributed by atoms with van der Waals surface area (Å²) in [6.45, 7) is 5.21. The number of nitrogens with zero attached hydrogens (tertiary/aromatic N) is 4. The Morgan fingerprint density at radius 3 is 2.21 bits per heavy atom. The molecule has 0 radical (unpaired) electrons. The van der Waals surface area contributed by atoms with Gasteiger partial charge < -0.3 is 15.0 Å². The van der Waals surface area contributed by atoms with Gasteiger partial charge in [0.15, 0.2) is 5.78 Å². The molecule has 0 atom stereocenters. The molecule has 5 rings (SSSR count). The summed E-state index contributed by atoms with van der Waals surface area (Å²) in [5.41, 5.74) is 4.58. The van der Waals surface area contributed by atoms with Crippen LogP contribution in [0.4, 0.5) is 21.9 Å². The number of terminal acetylenes is 1. The number of hydrogen-bond acceptors (Lipinski definition) is 7. The van der Waals surface area contributed by atoms with Gasteiger partial charge in [-0.2, -0.15) is 0 Å². The van der Waals surface area contributed by atoms with Crippen LogP contribution in [0, 0.1) is 12.3 Å². The van der Waals surface area contributed by atoms with E-state index >= 15 is 0 Å². The number of rotatable bonds is 7. The predicted octanol–water partition coefficient (Wildman–Crippen LogP) is 5.54. The highest BCUT2D eigenvalue weighted by molar-refractivity contribution is 6.12. The summed E-state index contributed by atoms with van der Waals surface area (Å²) in [5.74, 6) is 1.54. The molecule has 0 bridgehead atoms. The third kappa shape index (κ3) is 7.40. The van der Waals surface area contributed by atoms with Crippen LogP contribution in [0.15, 0.2) is 73.1 Å². The second kappa shape index (κ2) is 12.4. The van der Waals surface area contributed by atoms with Crippen LogP contribution >= 0.6 is 0 Å². The molecule has 0 aliphatic heterocycles. The van der Waals surface area contributed by atoms with Crippen molar-refractivity contribution in [1.29, 1.82) is 0 Å². The molecule has 2 N–H and O–H groups in total. The summed E-state index contributed by atoms with van der Waals surface area (Å²) in [6, 6.07) is 18.5. The molecule has 2 aliphatic rings. The van der Waals surface area contributed by atoms with Crippen molar-refractivity contribution < 1.29 is 19.1 Å². The van der Waals surface area contributed by atoms with E-state index < -0.39 is 29.8 Å². The molecule has 0 unspecified atom stereocenters. The number of ether oxygens (including phenoxy) is 1. The third-order valence-electron chi connectivity index (χ3n) is 6.09. The van der Waals surface area contributed by atoms with Crippen molar-refractivity contribution in [1.82, 2.24) is 15.0 Å². The molecule has 0 spiro atoms. The highest BCUT2D eigenvalue weighted by Crippen LogP contribution is 2.32. The van der Waals surface area contributed by atoms with E-state index in [4.69, 9.17) is 11.2 Å². The van der Waals surface area contributed by atoms with E-state index in [1.165, 1.54) is 22.0 Å². The highest BCUT2D eigenvalue weighted by Gasteiger charge is 2.21. The maximum Gasteiger partial charge on any atom is 0.412 e. The fourth-order valence-electron chi connectivity index (χ4n) is 3.91. The summed E-state index contributed by atoms with van der Waals surface area (Å²) >= 11 is 0. The average Bonchev–Trinajstić information content (AvgIpc) is 3.46. The third-order valence-corrected chi connectivity index (χ3v) is 6.09. The smallest absolute Gasteiger partial charge is 0.412 e. The summed E-state index contributed by atoms with van der Waals surface area (Å²) in [5, 5.41) is 13.0. The Hall–Kier alpha value is -5.43. The zero-order chi connectivity index (χ0) is 30.4. The minimum atomic E-state index is -0.727. The molecule has 1 heterocycles. The van der Waals surface area contributed by atoms with Gasteiger partial charge in [0.2, 0.25) is 5.91 Å². The molecule has 1 aromatic heterocycles. The van der Waals surface area contributed by atoms with Gasteiger partial charge in [0.25, 0.3) is 0 Å². The van der Waals surface area contributed by atoms with Crippen LogP contribution in [0.1, 0.15) is 43.1 Å². The summed E-state index contributed by atoms with van der Waals surface area (Å²) in [7, 11) is 3.63. The highest BCUT2D eigenvalue weighted by atomic mass is 16.6. The molecular formula is C32H32N6O4. The number of ketones is 1. The van der Waals surface area contributed by atoms with E-state index in [2.05, 4.69) is 51.1 Å². The van der Waals surface area contributed by atoms with Crippen molar-refractivity contribution in [3.8, 4) is 29.2 Å². The number of benzene rings is 3. The van der Waals surface area contributed by atoms with Gasteiger partial charge in [0.05, 0.1) is 41.4 Å². The standard InChI is InChI=1S/C26H28N6O4.C6H4/c1-7-17-13-20(31(5)6)15-21(28-25(35)36-26(2,3)4)24(17)29-23(34)16-22(33)18-9-8-10-19(14-18)32-12-11-27-30-32;1-2-6-4-3-5(1)6/h1,8-15H,16H2,2-6H3,(H,28,35)(H,29,34);1-4H. The fourth-order valence-corrected chi connectivity index (χ4v) is 3.91. The summed E-state index contributed by atoms with van der Waals surface area (Å²) in [4.78, 5) is 40.0. The molecule has 0 saturated heterocycles. The fraction of sp³-hybridized carbons (Fsp3) is 0.219. The number of Topliss-reactive ketones (excluding diaryl/α,β-unsaturated/α-hetero) is 1. The lowest BCUT2D eigenvalue weighted by Gasteiger charge is -2.22. The molecule has 0 saturated carbocycles. The minimum Gasteiger partial charge on any atom is -0.444 e. The Morgan fingerprint density at radius 2 is 1.69 bits per heavy atom. The number of carbonyl (C=O) groups excluding carboxylic acids is 3. The number of fused-ring (bicyclic) bond motifs is 1. The van der Waals surface area contributed by atoms with Crippen molar-refractivity contribution in [2.75, 3.05) is 29.6 Å². The molecule has 42 heavy (non-hydrogen) atoms. The lowest BCUT2D eigenvalue weighted by atomic mass is 9.95. The van der Waals surface area contributed by atoms with Crippen molar-refractivity contribution in [2.45, 2.75) is 32.8 Å². The maximum atomic E-state index is 12.9. The molecule has 2 aromatic carbocycles. The summed E-state index contributed by atoms with van der Waals surface area (Å²) in [6.07, 6.45) is 7.73. The Balaban J connectivity index is 0.000000587. The van der Waals surface area contributed by atoms with Gasteiger partial charge in [-0.15, -0.1) is 11.5 Å². The minimum absolute atomic E-state index is 0.197. The normalized spacial score (nSPS) is 10.9. The Morgan fingerprint density at radius 1 is 1.00 bits per heavy atom. The zero-order valence-electron chi connectivity index (χ0n) is 24.1. The number of aromatic nitrogens is 3. The molecule has 0 fully saturated rings. The first-order chi connectivity index (χ1) is 19.9. The van der Waals surface area contributed by atoms with E-state index in [1.54, 1.807) is 68.3 Å². The first kappa shape index (κ1) is 29.6. The quantitative estimate of drug-likeness (QED) is 0.151. The lowest BCUT2D eigenvalue weighted by Crippen LogP contribution is -2.28. The lowest BCUT2D eigenvalue weighted by molar-refractivity contribution is -0.115. The average molecular weight is 565 g/mol.